The van der Waals surface area contributed by atoms with E-state index in [9.17, 15) is 4.79 Å². The van der Waals surface area contributed by atoms with Crippen molar-refractivity contribution in [1.82, 2.24) is 9.91 Å². The summed E-state index contributed by atoms with van der Waals surface area (Å²) >= 11 is 0. The van der Waals surface area contributed by atoms with Gasteiger partial charge in [-0.2, -0.15) is 5.10 Å². The molecule has 0 saturated carbocycles. The van der Waals surface area contributed by atoms with Crippen molar-refractivity contribution in [1.29, 1.82) is 0 Å². The lowest BCUT2D eigenvalue weighted by Crippen LogP contribution is -2.53. The molecular formula is C14H25N3O3. The van der Waals surface area contributed by atoms with Crippen LogP contribution in [-0.4, -0.2) is 66.7 Å². The minimum atomic E-state index is -0.442. The van der Waals surface area contributed by atoms with Gasteiger partial charge in [-0.15, -0.1) is 0 Å². The fourth-order valence-electron chi connectivity index (χ4n) is 2.41. The lowest BCUT2D eigenvalue weighted by molar-refractivity contribution is 0.0260. The summed E-state index contributed by atoms with van der Waals surface area (Å²) in [5, 5.41) is 6.73. The number of methoxy groups -OCH3 is 1. The molecule has 2 saturated heterocycles. The molecule has 1 amide bonds. The molecule has 1 atom stereocenters. The van der Waals surface area contributed by atoms with E-state index in [0.29, 0.717) is 25.7 Å². The molecule has 0 bridgehead atoms. The summed E-state index contributed by atoms with van der Waals surface area (Å²) in [6.45, 7) is 8.46. The largest absolute Gasteiger partial charge is 0.444 e. The molecule has 0 N–H and O–H groups in total. The number of likely N-dealkylation sites (tertiary alicyclic amines) is 1. The Bertz CT molecular complexity index is 382. The summed E-state index contributed by atoms with van der Waals surface area (Å²) in [5.41, 5.74) is 0.599. The molecule has 0 aliphatic carbocycles. The van der Waals surface area contributed by atoms with Crippen LogP contribution in [0.4, 0.5) is 4.79 Å². The van der Waals surface area contributed by atoms with Crippen molar-refractivity contribution in [2.45, 2.75) is 45.3 Å². The molecular weight excluding hydrogens is 258 g/mol. The third-order valence-electron chi connectivity index (χ3n) is 3.37. The summed E-state index contributed by atoms with van der Waals surface area (Å²) in [7, 11) is 1.72. The standard InChI is InChI=1S/C14H25N3O3/c1-14(2,3)20-13(18)16-8-11(9-16)15-17-7-5-6-12(17)10-19-4/h12H,5-10H2,1-4H3/t12-/m1/s1. The Kier molecular flexibility index (Phi) is 4.52. The molecule has 2 fully saturated rings. The lowest BCUT2D eigenvalue weighted by atomic mass is 10.2. The van der Waals surface area contributed by atoms with Gasteiger partial charge < -0.3 is 9.47 Å². The Morgan fingerprint density at radius 1 is 1.40 bits per heavy atom. The van der Waals surface area contributed by atoms with Crippen LogP contribution in [-0.2, 0) is 9.47 Å². The van der Waals surface area contributed by atoms with Gasteiger partial charge in [-0.25, -0.2) is 4.79 Å². The van der Waals surface area contributed by atoms with Gasteiger partial charge in [-0.05, 0) is 33.6 Å². The van der Waals surface area contributed by atoms with E-state index in [4.69, 9.17) is 9.47 Å². The predicted molar refractivity (Wildman–Crippen MR) is 76.8 cm³/mol. The maximum atomic E-state index is 11.8. The molecule has 6 nitrogen and oxygen atoms in total. The summed E-state index contributed by atoms with van der Waals surface area (Å²) in [5.74, 6) is 0. The highest BCUT2D eigenvalue weighted by Gasteiger charge is 2.32. The summed E-state index contributed by atoms with van der Waals surface area (Å²) in [6, 6.07) is 0.378. The zero-order valence-electron chi connectivity index (χ0n) is 12.9. The number of carbonyl (C=O) groups is 1. The Morgan fingerprint density at radius 3 is 2.70 bits per heavy atom. The molecule has 2 heterocycles. The van der Waals surface area contributed by atoms with Crippen LogP contribution < -0.4 is 0 Å². The molecule has 0 aromatic heterocycles. The second-order valence-corrected chi connectivity index (χ2v) is 6.42. The molecule has 0 unspecified atom stereocenters. The van der Waals surface area contributed by atoms with E-state index < -0.39 is 5.60 Å². The fraction of sp³-hybridized carbons (Fsp3) is 0.857. The van der Waals surface area contributed by atoms with Crippen LogP contribution in [0.2, 0.25) is 0 Å². The van der Waals surface area contributed by atoms with Crippen LogP contribution >= 0.6 is 0 Å². The van der Waals surface area contributed by atoms with E-state index in [-0.39, 0.29) is 6.09 Å². The van der Waals surface area contributed by atoms with Gasteiger partial charge >= 0.3 is 6.09 Å². The van der Waals surface area contributed by atoms with Crippen molar-refractivity contribution in [2.75, 3.05) is 33.4 Å². The molecule has 2 aliphatic heterocycles. The quantitative estimate of drug-likeness (QED) is 0.791. The van der Waals surface area contributed by atoms with Gasteiger partial charge in [0, 0.05) is 13.7 Å². The van der Waals surface area contributed by atoms with Crippen molar-refractivity contribution in [3.8, 4) is 0 Å². The van der Waals surface area contributed by atoms with Crippen molar-refractivity contribution in [3.05, 3.63) is 0 Å². The second kappa shape index (κ2) is 5.99. The molecule has 20 heavy (non-hydrogen) atoms. The Hall–Kier alpha value is -1.30. The number of ether oxygens (including phenoxy) is 2. The van der Waals surface area contributed by atoms with E-state index in [1.54, 1.807) is 12.0 Å². The topological polar surface area (TPSA) is 54.4 Å². The van der Waals surface area contributed by atoms with Gasteiger partial charge in [0.2, 0.25) is 0 Å². The normalized spacial score (nSPS) is 22.8. The Balaban J connectivity index is 1.80. The highest BCUT2D eigenvalue weighted by atomic mass is 16.6. The van der Waals surface area contributed by atoms with Crippen LogP contribution in [0.25, 0.3) is 0 Å². The molecule has 114 valence electrons. The maximum Gasteiger partial charge on any atom is 0.410 e. The molecule has 0 radical (unpaired) electrons. The first kappa shape index (κ1) is 15.1. The van der Waals surface area contributed by atoms with Crippen LogP contribution in [0.15, 0.2) is 5.10 Å². The van der Waals surface area contributed by atoms with E-state index in [0.717, 1.165) is 25.1 Å². The third kappa shape index (κ3) is 3.85. The van der Waals surface area contributed by atoms with E-state index in [1.807, 2.05) is 20.8 Å². The monoisotopic (exact) mass is 283 g/mol. The average Bonchev–Trinajstić information content (AvgIpc) is 2.68. The Morgan fingerprint density at radius 2 is 2.10 bits per heavy atom. The number of hydrogen-bond acceptors (Lipinski definition) is 5. The number of hydrogen-bond donors (Lipinski definition) is 0. The zero-order chi connectivity index (χ0) is 14.8. The number of amides is 1. The SMILES string of the molecule is COC[C@H]1CCCN1N=C1CN(C(=O)OC(C)(C)C)C1. The number of nitrogens with zero attached hydrogens (tertiary/aromatic N) is 3. The highest BCUT2D eigenvalue weighted by molar-refractivity contribution is 5.98. The minimum absolute atomic E-state index is 0.258. The first-order chi connectivity index (χ1) is 9.39. The molecule has 0 spiro atoms. The molecule has 0 aromatic rings. The summed E-state index contributed by atoms with van der Waals surface area (Å²) < 4.78 is 10.5. The van der Waals surface area contributed by atoms with Gasteiger partial charge in [-0.1, -0.05) is 0 Å². The predicted octanol–water partition coefficient (Wildman–Crippen LogP) is 1.70. The van der Waals surface area contributed by atoms with Gasteiger partial charge in [0.15, 0.2) is 0 Å². The average molecular weight is 283 g/mol. The lowest BCUT2D eigenvalue weighted by Gasteiger charge is -2.35. The van der Waals surface area contributed by atoms with E-state index in [1.165, 1.54) is 0 Å². The van der Waals surface area contributed by atoms with Crippen molar-refractivity contribution >= 4 is 11.8 Å². The fourth-order valence-corrected chi connectivity index (χ4v) is 2.41. The van der Waals surface area contributed by atoms with Crippen LogP contribution in [0.1, 0.15) is 33.6 Å². The summed E-state index contributed by atoms with van der Waals surface area (Å²) in [4.78, 5) is 13.5. The molecule has 6 heteroatoms. The summed E-state index contributed by atoms with van der Waals surface area (Å²) in [6.07, 6.45) is 2.02. The van der Waals surface area contributed by atoms with Crippen LogP contribution in [0.3, 0.4) is 0 Å². The van der Waals surface area contributed by atoms with Crippen LogP contribution in [0.5, 0.6) is 0 Å². The van der Waals surface area contributed by atoms with Crippen molar-refractivity contribution < 1.29 is 14.3 Å². The third-order valence-corrected chi connectivity index (χ3v) is 3.37. The molecule has 2 rings (SSSR count). The van der Waals surface area contributed by atoms with Gasteiger partial charge in [-0.3, -0.25) is 9.91 Å². The first-order valence-corrected chi connectivity index (χ1v) is 7.19. The van der Waals surface area contributed by atoms with Crippen molar-refractivity contribution in [2.24, 2.45) is 5.10 Å². The van der Waals surface area contributed by atoms with Gasteiger partial charge in [0.05, 0.1) is 31.4 Å². The first-order valence-electron chi connectivity index (χ1n) is 7.19. The highest BCUT2D eigenvalue weighted by Crippen LogP contribution is 2.20. The van der Waals surface area contributed by atoms with E-state index in [2.05, 4.69) is 10.1 Å². The number of rotatable bonds is 3. The number of hydrazone groups is 1. The van der Waals surface area contributed by atoms with Crippen LogP contribution in [0, 0.1) is 0 Å². The number of carbonyl (C=O) groups excluding carboxylic acids is 1. The molecule has 0 aromatic carbocycles. The van der Waals surface area contributed by atoms with Gasteiger partial charge in [0.1, 0.15) is 5.60 Å². The van der Waals surface area contributed by atoms with E-state index >= 15 is 0 Å². The van der Waals surface area contributed by atoms with Gasteiger partial charge in [0.25, 0.3) is 0 Å². The maximum absolute atomic E-state index is 11.8. The smallest absolute Gasteiger partial charge is 0.410 e. The second-order valence-electron chi connectivity index (χ2n) is 6.42. The van der Waals surface area contributed by atoms with Crippen molar-refractivity contribution in [3.63, 3.8) is 0 Å². The molecule has 2 aliphatic rings. The Labute approximate surface area is 120 Å². The zero-order valence-corrected chi connectivity index (χ0v) is 12.9. The minimum Gasteiger partial charge on any atom is -0.444 e.